The SMILES string of the molecule is CC(=O)OCC(C)(COC(C)=O)/N=C/c1ccccc1O. The summed E-state index contributed by atoms with van der Waals surface area (Å²) in [5.74, 6) is -0.799. The molecule has 114 valence electrons. The lowest BCUT2D eigenvalue weighted by molar-refractivity contribution is -0.146. The van der Waals surface area contributed by atoms with Crippen LogP contribution in [0.15, 0.2) is 29.3 Å². The zero-order chi connectivity index (χ0) is 15.9. The standard InChI is InChI=1S/C15H19NO5/c1-11(17)20-9-15(3,10-21-12(2)18)16-8-13-6-4-5-7-14(13)19/h4-8,19H,9-10H2,1-3H3/b16-8+. The molecule has 0 aliphatic carbocycles. The number of phenolic OH excluding ortho intramolecular Hbond substituents is 1. The molecular formula is C15H19NO5. The Bertz CT molecular complexity index is 521. The van der Waals surface area contributed by atoms with Gasteiger partial charge >= 0.3 is 11.9 Å². The molecule has 6 nitrogen and oxygen atoms in total. The molecule has 0 saturated carbocycles. The Kier molecular flexibility index (Phi) is 5.90. The summed E-state index contributed by atoms with van der Waals surface area (Å²) in [6, 6.07) is 6.69. The number of aliphatic imine (C=N–C) groups is 1. The third kappa shape index (κ3) is 6.07. The normalized spacial score (nSPS) is 11.4. The van der Waals surface area contributed by atoms with Crippen molar-refractivity contribution in [3.8, 4) is 5.75 Å². The van der Waals surface area contributed by atoms with Crippen LogP contribution in [0.5, 0.6) is 5.75 Å². The summed E-state index contributed by atoms with van der Waals surface area (Å²) in [7, 11) is 0. The van der Waals surface area contributed by atoms with E-state index in [0.29, 0.717) is 5.56 Å². The van der Waals surface area contributed by atoms with Gasteiger partial charge in [-0.1, -0.05) is 12.1 Å². The number of hydrogen-bond donors (Lipinski definition) is 1. The number of nitrogens with zero attached hydrogens (tertiary/aromatic N) is 1. The van der Waals surface area contributed by atoms with Gasteiger partial charge in [-0.2, -0.15) is 0 Å². The van der Waals surface area contributed by atoms with Gasteiger partial charge in [0.1, 0.15) is 24.5 Å². The van der Waals surface area contributed by atoms with Gasteiger partial charge in [0.15, 0.2) is 0 Å². The molecule has 1 N–H and O–H groups in total. The van der Waals surface area contributed by atoms with Crippen LogP contribution in [0.3, 0.4) is 0 Å². The van der Waals surface area contributed by atoms with Gasteiger partial charge in [0.2, 0.25) is 0 Å². The summed E-state index contributed by atoms with van der Waals surface area (Å²) in [5, 5.41) is 9.68. The summed E-state index contributed by atoms with van der Waals surface area (Å²) in [5.41, 5.74) is -0.394. The topological polar surface area (TPSA) is 85.2 Å². The first kappa shape index (κ1) is 16.7. The van der Waals surface area contributed by atoms with Crippen molar-refractivity contribution in [3.63, 3.8) is 0 Å². The second-order valence-corrected chi connectivity index (χ2v) is 4.87. The van der Waals surface area contributed by atoms with Crippen molar-refractivity contribution in [2.75, 3.05) is 13.2 Å². The van der Waals surface area contributed by atoms with Crippen LogP contribution in [0.25, 0.3) is 0 Å². The van der Waals surface area contributed by atoms with Gasteiger partial charge in [-0.05, 0) is 19.1 Å². The first-order valence-electron chi connectivity index (χ1n) is 6.42. The van der Waals surface area contributed by atoms with Gasteiger partial charge in [0, 0.05) is 25.6 Å². The van der Waals surface area contributed by atoms with E-state index in [-0.39, 0.29) is 19.0 Å². The van der Waals surface area contributed by atoms with Crippen LogP contribution in [0.2, 0.25) is 0 Å². The highest BCUT2D eigenvalue weighted by Crippen LogP contribution is 2.17. The predicted octanol–water partition coefficient (Wildman–Crippen LogP) is 1.70. The first-order chi connectivity index (χ1) is 9.82. The Morgan fingerprint density at radius 2 is 1.71 bits per heavy atom. The number of carbonyl (C=O) groups is 2. The van der Waals surface area contributed by atoms with Crippen molar-refractivity contribution in [1.29, 1.82) is 0 Å². The number of carbonyl (C=O) groups excluding carboxylic acids is 2. The van der Waals surface area contributed by atoms with Crippen LogP contribution < -0.4 is 0 Å². The van der Waals surface area contributed by atoms with Gasteiger partial charge in [-0.3, -0.25) is 14.6 Å². The van der Waals surface area contributed by atoms with Crippen LogP contribution >= 0.6 is 0 Å². The van der Waals surface area contributed by atoms with Crippen molar-refractivity contribution >= 4 is 18.2 Å². The molecule has 0 bridgehead atoms. The van der Waals surface area contributed by atoms with Gasteiger partial charge in [0.05, 0.1) is 0 Å². The molecule has 1 rings (SSSR count). The lowest BCUT2D eigenvalue weighted by Crippen LogP contribution is -2.36. The van der Waals surface area contributed by atoms with Gasteiger partial charge in [-0.15, -0.1) is 0 Å². The average Bonchev–Trinajstić information content (AvgIpc) is 2.42. The minimum atomic E-state index is -0.917. The third-order valence-corrected chi connectivity index (χ3v) is 2.62. The lowest BCUT2D eigenvalue weighted by Gasteiger charge is -2.23. The van der Waals surface area contributed by atoms with E-state index >= 15 is 0 Å². The van der Waals surface area contributed by atoms with Gasteiger partial charge in [-0.25, -0.2) is 0 Å². The molecule has 0 aromatic heterocycles. The molecular weight excluding hydrogens is 274 g/mol. The number of benzene rings is 1. The number of ether oxygens (including phenoxy) is 2. The van der Waals surface area contributed by atoms with Crippen molar-refractivity contribution in [3.05, 3.63) is 29.8 Å². The lowest BCUT2D eigenvalue weighted by atomic mass is 10.1. The molecule has 0 aliphatic heterocycles. The molecule has 0 aliphatic rings. The number of para-hydroxylation sites is 1. The first-order valence-corrected chi connectivity index (χ1v) is 6.42. The van der Waals surface area contributed by atoms with Crippen molar-refractivity contribution in [2.24, 2.45) is 4.99 Å². The predicted molar refractivity (Wildman–Crippen MR) is 77.4 cm³/mol. The van der Waals surface area contributed by atoms with E-state index in [1.165, 1.54) is 26.1 Å². The van der Waals surface area contributed by atoms with E-state index in [2.05, 4.69) is 4.99 Å². The second-order valence-electron chi connectivity index (χ2n) is 4.87. The molecule has 0 radical (unpaired) electrons. The second kappa shape index (κ2) is 7.42. The summed E-state index contributed by atoms with van der Waals surface area (Å²) in [6.45, 7) is 4.22. The Morgan fingerprint density at radius 3 is 2.19 bits per heavy atom. The van der Waals surface area contributed by atoms with Crippen LogP contribution in [0, 0.1) is 0 Å². The summed E-state index contributed by atoms with van der Waals surface area (Å²) < 4.78 is 9.90. The zero-order valence-electron chi connectivity index (χ0n) is 12.3. The molecule has 0 saturated heterocycles. The maximum Gasteiger partial charge on any atom is 0.302 e. The zero-order valence-corrected chi connectivity index (χ0v) is 12.3. The van der Waals surface area contributed by atoms with Crippen LogP contribution in [0.1, 0.15) is 26.3 Å². The largest absolute Gasteiger partial charge is 0.507 e. The summed E-state index contributed by atoms with van der Waals surface area (Å²) >= 11 is 0. The molecule has 0 atom stereocenters. The van der Waals surface area contributed by atoms with Gasteiger partial charge < -0.3 is 14.6 Å². The smallest absolute Gasteiger partial charge is 0.302 e. The maximum atomic E-state index is 10.9. The van der Waals surface area contributed by atoms with Crippen molar-refractivity contribution < 1.29 is 24.2 Å². The van der Waals surface area contributed by atoms with E-state index in [1.807, 2.05) is 0 Å². The molecule has 0 heterocycles. The highest BCUT2D eigenvalue weighted by Gasteiger charge is 2.26. The fourth-order valence-electron chi connectivity index (χ4n) is 1.45. The molecule has 6 heteroatoms. The van der Waals surface area contributed by atoms with E-state index < -0.39 is 17.5 Å². The number of rotatable bonds is 6. The van der Waals surface area contributed by atoms with Crippen LogP contribution in [0.4, 0.5) is 0 Å². The van der Waals surface area contributed by atoms with E-state index in [4.69, 9.17) is 9.47 Å². The Balaban J connectivity index is 2.87. The molecule has 0 unspecified atom stereocenters. The molecule has 1 aromatic carbocycles. The van der Waals surface area contributed by atoms with Crippen molar-refractivity contribution in [1.82, 2.24) is 0 Å². The minimum Gasteiger partial charge on any atom is -0.507 e. The fraction of sp³-hybridized carbons (Fsp3) is 0.400. The van der Waals surface area contributed by atoms with E-state index in [0.717, 1.165) is 0 Å². The van der Waals surface area contributed by atoms with Crippen LogP contribution in [-0.4, -0.2) is 42.0 Å². The van der Waals surface area contributed by atoms with E-state index in [9.17, 15) is 14.7 Å². The summed E-state index contributed by atoms with van der Waals surface area (Å²) in [4.78, 5) is 26.2. The molecule has 0 fully saturated rings. The number of aromatic hydroxyl groups is 1. The van der Waals surface area contributed by atoms with Gasteiger partial charge in [0.25, 0.3) is 0 Å². The number of phenols is 1. The average molecular weight is 293 g/mol. The van der Waals surface area contributed by atoms with E-state index in [1.54, 1.807) is 25.1 Å². The Hall–Kier alpha value is -2.37. The monoisotopic (exact) mass is 293 g/mol. The maximum absolute atomic E-state index is 10.9. The van der Waals surface area contributed by atoms with Crippen LogP contribution in [-0.2, 0) is 19.1 Å². The molecule has 1 aromatic rings. The minimum absolute atomic E-state index is 0.0281. The molecule has 0 spiro atoms. The Labute approximate surface area is 123 Å². The number of esters is 2. The third-order valence-electron chi connectivity index (χ3n) is 2.62. The summed E-state index contributed by atoms with van der Waals surface area (Å²) in [6.07, 6.45) is 1.46. The van der Waals surface area contributed by atoms with Crippen molar-refractivity contribution in [2.45, 2.75) is 26.3 Å². The number of hydrogen-bond acceptors (Lipinski definition) is 6. The highest BCUT2D eigenvalue weighted by atomic mass is 16.5. The fourth-order valence-corrected chi connectivity index (χ4v) is 1.45. The molecule has 21 heavy (non-hydrogen) atoms. The molecule has 0 amide bonds. The quantitative estimate of drug-likeness (QED) is 0.637. The Morgan fingerprint density at radius 1 is 1.19 bits per heavy atom. The highest BCUT2D eigenvalue weighted by molar-refractivity contribution is 5.83.